The number of aromatic nitrogens is 1. The van der Waals surface area contributed by atoms with E-state index in [1.165, 1.54) is 16.9 Å². The highest BCUT2D eigenvalue weighted by Gasteiger charge is 2.03. The van der Waals surface area contributed by atoms with Gasteiger partial charge in [-0.1, -0.05) is 24.3 Å². The van der Waals surface area contributed by atoms with E-state index in [2.05, 4.69) is 17.1 Å². The number of hydrogen-bond donors (Lipinski definition) is 0. The van der Waals surface area contributed by atoms with Crippen LogP contribution in [0, 0.1) is 0 Å². The zero-order chi connectivity index (χ0) is 12.1. The lowest BCUT2D eigenvalue weighted by molar-refractivity contribution is 0.112. The van der Waals surface area contributed by atoms with Crippen molar-refractivity contribution >= 4 is 17.6 Å². The summed E-state index contributed by atoms with van der Waals surface area (Å²) in [7, 11) is 1.70. The minimum Gasteiger partial charge on any atom is -0.384 e. The maximum atomic E-state index is 10.6. The van der Waals surface area contributed by atoms with Gasteiger partial charge in [0.15, 0.2) is 11.3 Å². The first-order valence-corrected chi connectivity index (χ1v) is 6.20. The number of thiazole rings is 1. The first-order valence-electron chi connectivity index (χ1n) is 5.32. The minimum absolute atomic E-state index is 0.517. The molecule has 0 bridgehead atoms. The molecule has 0 spiro atoms. The fourth-order valence-corrected chi connectivity index (χ4v) is 2.16. The Kier molecular flexibility index (Phi) is 4.01. The molecule has 0 aliphatic heterocycles. The molecule has 0 fully saturated rings. The Morgan fingerprint density at radius 3 is 2.71 bits per heavy atom. The lowest BCUT2D eigenvalue weighted by atomic mass is 10.1. The molecule has 0 saturated heterocycles. The maximum absolute atomic E-state index is 10.6. The molecular weight excluding hydrogens is 234 g/mol. The summed E-state index contributed by atoms with van der Waals surface area (Å²) in [5.41, 5.74) is 3.13. The van der Waals surface area contributed by atoms with Gasteiger partial charge in [-0.15, -0.1) is 11.3 Å². The van der Waals surface area contributed by atoms with E-state index in [9.17, 15) is 4.79 Å². The van der Waals surface area contributed by atoms with Crippen molar-refractivity contribution < 1.29 is 9.53 Å². The smallest absolute Gasteiger partial charge is 0.178 e. The van der Waals surface area contributed by atoms with E-state index in [1.807, 2.05) is 17.5 Å². The van der Waals surface area contributed by atoms with Crippen LogP contribution in [0.25, 0.3) is 11.3 Å². The van der Waals surface area contributed by atoms with E-state index >= 15 is 0 Å². The molecule has 1 aromatic carbocycles. The van der Waals surface area contributed by atoms with Crippen LogP contribution in [0.4, 0.5) is 0 Å². The zero-order valence-electron chi connectivity index (χ0n) is 9.55. The SMILES string of the molecule is COCCc1ccc(-c2csc(C=O)n2)cc1. The van der Waals surface area contributed by atoms with E-state index in [0.29, 0.717) is 5.01 Å². The minimum atomic E-state index is 0.517. The van der Waals surface area contributed by atoms with Crippen LogP contribution in [0.15, 0.2) is 29.6 Å². The molecule has 0 amide bonds. The highest BCUT2D eigenvalue weighted by molar-refractivity contribution is 7.11. The van der Waals surface area contributed by atoms with Gasteiger partial charge in [-0.2, -0.15) is 0 Å². The predicted molar refractivity (Wildman–Crippen MR) is 68.5 cm³/mol. The fourth-order valence-electron chi connectivity index (χ4n) is 1.54. The van der Waals surface area contributed by atoms with Crippen LogP contribution in [0.5, 0.6) is 0 Å². The first-order chi connectivity index (χ1) is 8.33. The Bertz CT molecular complexity index is 490. The Hall–Kier alpha value is -1.52. The van der Waals surface area contributed by atoms with Gasteiger partial charge in [0.25, 0.3) is 0 Å². The molecule has 88 valence electrons. The summed E-state index contributed by atoms with van der Waals surface area (Å²) in [6, 6.07) is 8.17. The number of nitrogens with zero attached hydrogens (tertiary/aromatic N) is 1. The molecule has 0 aliphatic carbocycles. The standard InChI is InChI=1S/C13H13NO2S/c1-16-7-6-10-2-4-11(5-3-10)12-9-17-13(8-15)14-12/h2-5,8-9H,6-7H2,1H3. The first kappa shape index (κ1) is 12.0. The van der Waals surface area contributed by atoms with Crippen LogP contribution in [0.2, 0.25) is 0 Å². The van der Waals surface area contributed by atoms with Crippen LogP contribution in [-0.2, 0) is 11.2 Å². The van der Waals surface area contributed by atoms with Crippen molar-refractivity contribution in [3.63, 3.8) is 0 Å². The van der Waals surface area contributed by atoms with E-state index in [1.54, 1.807) is 7.11 Å². The average molecular weight is 247 g/mol. The molecular formula is C13H13NO2S. The average Bonchev–Trinajstić information content (AvgIpc) is 2.86. The van der Waals surface area contributed by atoms with Crippen molar-refractivity contribution in [3.8, 4) is 11.3 Å². The van der Waals surface area contributed by atoms with Gasteiger partial charge in [0.05, 0.1) is 12.3 Å². The summed E-state index contributed by atoms with van der Waals surface area (Å²) in [4.78, 5) is 14.8. The van der Waals surface area contributed by atoms with Gasteiger partial charge in [0.2, 0.25) is 0 Å². The molecule has 0 radical (unpaired) electrons. The second-order valence-corrected chi connectivity index (χ2v) is 4.52. The van der Waals surface area contributed by atoms with Gasteiger partial charge in [0.1, 0.15) is 0 Å². The molecule has 4 heteroatoms. The van der Waals surface area contributed by atoms with Crippen LogP contribution in [-0.4, -0.2) is 25.0 Å². The topological polar surface area (TPSA) is 39.2 Å². The number of rotatable bonds is 5. The Labute approximate surface area is 104 Å². The quantitative estimate of drug-likeness (QED) is 0.763. The van der Waals surface area contributed by atoms with Gasteiger partial charge in [0, 0.05) is 18.1 Å². The van der Waals surface area contributed by atoms with Gasteiger partial charge in [-0.3, -0.25) is 4.79 Å². The Balaban J connectivity index is 2.14. The second kappa shape index (κ2) is 5.70. The molecule has 0 unspecified atom stereocenters. The van der Waals surface area contributed by atoms with E-state index in [0.717, 1.165) is 30.6 Å². The number of methoxy groups -OCH3 is 1. The third kappa shape index (κ3) is 2.99. The fraction of sp³-hybridized carbons (Fsp3) is 0.231. The predicted octanol–water partition coefficient (Wildman–Crippen LogP) is 2.81. The van der Waals surface area contributed by atoms with Crippen molar-refractivity contribution in [2.45, 2.75) is 6.42 Å². The summed E-state index contributed by atoms with van der Waals surface area (Å²) >= 11 is 1.36. The zero-order valence-corrected chi connectivity index (χ0v) is 10.4. The molecule has 1 aromatic heterocycles. The summed E-state index contributed by atoms with van der Waals surface area (Å²) < 4.78 is 5.03. The lowest BCUT2D eigenvalue weighted by Gasteiger charge is -2.01. The van der Waals surface area contributed by atoms with Crippen molar-refractivity contribution in [1.29, 1.82) is 0 Å². The van der Waals surface area contributed by atoms with E-state index in [4.69, 9.17) is 4.74 Å². The highest BCUT2D eigenvalue weighted by atomic mass is 32.1. The Morgan fingerprint density at radius 2 is 2.12 bits per heavy atom. The van der Waals surface area contributed by atoms with E-state index in [-0.39, 0.29) is 0 Å². The summed E-state index contributed by atoms with van der Waals surface area (Å²) in [6.07, 6.45) is 1.69. The summed E-state index contributed by atoms with van der Waals surface area (Å²) in [6.45, 7) is 0.728. The van der Waals surface area contributed by atoms with Crippen LogP contribution in [0.3, 0.4) is 0 Å². The largest absolute Gasteiger partial charge is 0.384 e. The number of hydrogen-bond acceptors (Lipinski definition) is 4. The van der Waals surface area contributed by atoms with Crippen LogP contribution >= 0.6 is 11.3 Å². The molecule has 0 atom stereocenters. The maximum Gasteiger partial charge on any atom is 0.178 e. The Morgan fingerprint density at radius 1 is 1.35 bits per heavy atom. The molecule has 0 aliphatic rings. The molecule has 2 rings (SSSR count). The lowest BCUT2D eigenvalue weighted by Crippen LogP contribution is -1.93. The molecule has 3 nitrogen and oxygen atoms in total. The number of carbonyl (C=O) groups excluding carboxylic acids is 1. The summed E-state index contributed by atoms with van der Waals surface area (Å²) in [5, 5.41) is 2.41. The van der Waals surface area contributed by atoms with Crippen LogP contribution < -0.4 is 0 Å². The van der Waals surface area contributed by atoms with Gasteiger partial charge >= 0.3 is 0 Å². The van der Waals surface area contributed by atoms with Crippen molar-refractivity contribution in [3.05, 3.63) is 40.2 Å². The number of ether oxygens (including phenoxy) is 1. The molecule has 0 saturated carbocycles. The molecule has 0 N–H and O–H groups in total. The number of carbonyl (C=O) groups is 1. The van der Waals surface area contributed by atoms with Gasteiger partial charge in [-0.05, 0) is 12.0 Å². The van der Waals surface area contributed by atoms with Crippen molar-refractivity contribution in [2.75, 3.05) is 13.7 Å². The molecule has 2 aromatic rings. The number of benzene rings is 1. The molecule has 1 heterocycles. The van der Waals surface area contributed by atoms with Crippen molar-refractivity contribution in [1.82, 2.24) is 4.98 Å². The summed E-state index contributed by atoms with van der Waals surface area (Å²) in [5.74, 6) is 0. The second-order valence-electron chi connectivity index (χ2n) is 3.63. The third-order valence-corrected chi connectivity index (χ3v) is 3.24. The van der Waals surface area contributed by atoms with Gasteiger partial charge in [-0.25, -0.2) is 4.98 Å². The molecule has 17 heavy (non-hydrogen) atoms. The number of aldehydes is 1. The van der Waals surface area contributed by atoms with Crippen molar-refractivity contribution in [2.24, 2.45) is 0 Å². The van der Waals surface area contributed by atoms with E-state index < -0.39 is 0 Å². The highest BCUT2D eigenvalue weighted by Crippen LogP contribution is 2.21. The third-order valence-electron chi connectivity index (χ3n) is 2.47. The van der Waals surface area contributed by atoms with Gasteiger partial charge < -0.3 is 4.74 Å². The monoisotopic (exact) mass is 247 g/mol. The van der Waals surface area contributed by atoms with Crippen LogP contribution in [0.1, 0.15) is 15.4 Å². The normalized spacial score (nSPS) is 10.4.